The average molecular weight is 478 g/mol. The Balaban J connectivity index is 1.29. The summed E-state index contributed by atoms with van der Waals surface area (Å²) < 4.78 is 62.0. The molecule has 7 nitrogen and oxygen atoms in total. The van der Waals surface area contributed by atoms with Gasteiger partial charge in [-0.05, 0) is 30.5 Å². The van der Waals surface area contributed by atoms with Crippen molar-refractivity contribution >= 4 is 5.91 Å². The van der Waals surface area contributed by atoms with E-state index in [0.717, 1.165) is 5.56 Å². The Labute approximate surface area is 194 Å². The van der Waals surface area contributed by atoms with E-state index >= 15 is 0 Å². The van der Waals surface area contributed by atoms with Gasteiger partial charge in [-0.1, -0.05) is 30.3 Å². The van der Waals surface area contributed by atoms with E-state index in [2.05, 4.69) is 4.98 Å². The van der Waals surface area contributed by atoms with Gasteiger partial charge in [0.05, 0.1) is 13.7 Å². The number of alkyl halides is 3. The number of benzene rings is 1. The van der Waals surface area contributed by atoms with Gasteiger partial charge in [-0.2, -0.15) is 13.2 Å². The first-order valence-corrected chi connectivity index (χ1v) is 11.1. The summed E-state index contributed by atoms with van der Waals surface area (Å²) in [5, 5.41) is 0. The molecule has 1 unspecified atom stereocenters. The van der Waals surface area contributed by atoms with Crippen LogP contribution in [0.1, 0.15) is 35.3 Å². The van der Waals surface area contributed by atoms with Gasteiger partial charge < -0.3 is 23.8 Å². The maximum absolute atomic E-state index is 13.2. The second-order valence-electron chi connectivity index (χ2n) is 8.94. The first kappa shape index (κ1) is 22.9. The number of carbonyl (C=O) groups is 1. The predicted molar refractivity (Wildman–Crippen MR) is 113 cm³/mol. The number of aromatic nitrogens is 1. The monoisotopic (exact) mass is 478 g/mol. The summed E-state index contributed by atoms with van der Waals surface area (Å²) in [5.74, 6) is -0.278. The van der Waals surface area contributed by atoms with E-state index in [1.54, 1.807) is 4.90 Å². The van der Waals surface area contributed by atoms with Gasteiger partial charge >= 0.3 is 6.18 Å². The Morgan fingerprint density at radius 3 is 2.62 bits per heavy atom. The highest BCUT2D eigenvalue weighted by Crippen LogP contribution is 2.57. The highest BCUT2D eigenvalue weighted by Gasteiger charge is 2.64. The quantitative estimate of drug-likeness (QED) is 0.627. The summed E-state index contributed by atoms with van der Waals surface area (Å²) in [6.07, 6.45) is -4.01. The number of likely N-dealkylation sites (tertiary alicyclic amines) is 1. The van der Waals surface area contributed by atoms with Gasteiger partial charge in [-0.25, -0.2) is 4.98 Å². The number of pyridine rings is 1. The highest BCUT2D eigenvalue weighted by atomic mass is 19.4. The number of amides is 1. The van der Waals surface area contributed by atoms with E-state index in [4.69, 9.17) is 18.9 Å². The first-order valence-electron chi connectivity index (χ1n) is 11.1. The minimum atomic E-state index is -4.32. The molecule has 1 aromatic heterocycles. The predicted octanol–water partition coefficient (Wildman–Crippen LogP) is 3.93. The fourth-order valence-corrected chi connectivity index (χ4v) is 4.63. The summed E-state index contributed by atoms with van der Waals surface area (Å²) in [6.45, 7) is 0.404. The average Bonchev–Trinajstić information content (AvgIpc) is 3.54. The number of hydrogen-bond acceptors (Lipinski definition) is 6. The summed E-state index contributed by atoms with van der Waals surface area (Å²) >= 11 is 0. The smallest absolute Gasteiger partial charge is 0.397 e. The van der Waals surface area contributed by atoms with Crippen LogP contribution in [0.15, 0.2) is 42.5 Å². The Morgan fingerprint density at radius 1 is 1.18 bits per heavy atom. The zero-order chi connectivity index (χ0) is 24.0. The second kappa shape index (κ2) is 8.42. The van der Waals surface area contributed by atoms with Gasteiger partial charge in [-0.3, -0.25) is 4.79 Å². The fraction of sp³-hybridized carbons (Fsp3) is 0.500. The van der Waals surface area contributed by atoms with Gasteiger partial charge in [0, 0.05) is 13.0 Å². The van der Waals surface area contributed by atoms with Crippen LogP contribution in [0.25, 0.3) is 0 Å². The minimum absolute atomic E-state index is 0.0279. The number of piperidine rings is 1. The van der Waals surface area contributed by atoms with Crippen LogP contribution in [-0.4, -0.2) is 61.7 Å². The van der Waals surface area contributed by atoms with Crippen molar-refractivity contribution < 1.29 is 36.9 Å². The lowest BCUT2D eigenvalue weighted by Crippen LogP contribution is -2.53. The largest absolute Gasteiger partial charge is 0.487 e. The molecule has 0 radical (unpaired) electrons. The number of fused-ring (bicyclic) bond motifs is 1. The van der Waals surface area contributed by atoms with Crippen LogP contribution in [0, 0.1) is 5.41 Å². The standard InChI is InChI=1S/C24H25F3N2O5/c1-31-20-18(32-14-22(9-10-22)24(25,26)27)8-7-17(28-20)21(30)29-12-11-23(16-5-3-2-4-6-16)19(13-29)33-15-34-23/h2-8,19H,9-15H2,1H3/t19?,23-/m1/s1. The van der Waals surface area contributed by atoms with E-state index in [-0.39, 0.29) is 49.0 Å². The van der Waals surface area contributed by atoms with E-state index in [1.807, 2.05) is 30.3 Å². The van der Waals surface area contributed by atoms with Crippen LogP contribution < -0.4 is 9.47 Å². The van der Waals surface area contributed by atoms with Crippen LogP contribution in [-0.2, 0) is 15.1 Å². The molecule has 3 aliphatic rings. The van der Waals surface area contributed by atoms with Gasteiger partial charge in [0.1, 0.15) is 36.2 Å². The van der Waals surface area contributed by atoms with Crippen LogP contribution in [0.3, 0.4) is 0 Å². The number of rotatable bonds is 6. The third-order valence-corrected chi connectivity index (χ3v) is 6.99. The van der Waals surface area contributed by atoms with Crippen LogP contribution in [0.2, 0.25) is 0 Å². The van der Waals surface area contributed by atoms with Crippen molar-refractivity contribution in [3.63, 3.8) is 0 Å². The lowest BCUT2D eigenvalue weighted by atomic mass is 9.82. The third-order valence-electron chi connectivity index (χ3n) is 6.99. The van der Waals surface area contributed by atoms with E-state index < -0.39 is 23.8 Å². The normalized spacial score (nSPS) is 25.5. The van der Waals surface area contributed by atoms with Crippen molar-refractivity contribution in [2.45, 2.75) is 37.1 Å². The lowest BCUT2D eigenvalue weighted by Gasteiger charge is -2.41. The topological polar surface area (TPSA) is 70.1 Å². The number of hydrogen-bond donors (Lipinski definition) is 0. The van der Waals surface area contributed by atoms with Gasteiger partial charge in [0.25, 0.3) is 11.8 Å². The number of halogens is 3. The number of carbonyl (C=O) groups excluding carboxylic acids is 1. The number of ether oxygens (including phenoxy) is 4. The molecule has 3 heterocycles. The molecule has 2 aromatic rings. The molecule has 1 saturated carbocycles. The zero-order valence-corrected chi connectivity index (χ0v) is 18.6. The minimum Gasteiger partial charge on any atom is -0.487 e. The molecule has 3 fully saturated rings. The number of nitrogens with zero attached hydrogens (tertiary/aromatic N) is 2. The summed E-state index contributed by atoms with van der Waals surface area (Å²) in [5.41, 5.74) is -1.28. The molecule has 182 valence electrons. The molecule has 2 aliphatic heterocycles. The molecular weight excluding hydrogens is 453 g/mol. The molecule has 2 saturated heterocycles. The maximum atomic E-state index is 13.2. The maximum Gasteiger partial charge on any atom is 0.397 e. The van der Waals surface area contributed by atoms with Crippen molar-refractivity contribution in [3.8, 4) is 11.6 Å². The fourth-order valence-electron chi connectivity index (χ4n) is 4.63. The highest BCUT2D eigenvalue weighted by molar-refractivity contribution is 5.92. The van der Waals surface area contributed by atoms with E-state index in [9.17, 15) is 18.0 Å². The molecule has 2 atom stereocenters. The molecule has 0 bridgehead atoms. The van der Waals surface area contributed by atoms with Crippen LogP contribution in [0.5, 0.6) is 11.6 Å². The Hall–Kier alpha value is -2.85. The Kier molecular flexibility index (Phi) is 5.68. The SMILES string of the molecule is COc1nc(C(=O)N2CC[C@]3(c4ccccc4)OCOC3C2)ccc1OCC1(C(F)(F)F)CC1. The zero-order valence-electron chi connectivity index (χ0n) is 18.6. The van der Waals surface area contributed by atoms with Gasteiger partial charge in [0.15, 0.2) is 5.75 Å². The van der Waals surface area contributed by atoms with E-state index in [0.29, 0.717) is 19.5 Å². The van der Waals surface area contributed by atoms with Crippen molar-refractivity contribution in [3.05, 3.63) is 53.7 Å². The first-order chi connectivity index (χ1) is 16.3. The second-order valence-corrected chi connectivity index (χ2v) is 8.94. The van der Waals surface area contributed by atoms with Gasteiger partial charge in [-0.15, -0.1) is 0 Å². The molecule has 1 aromatic carbocycles. The van der Waals surface area contributed by atoms with Crippen LogP contribution >= 0.6 is 0 Å². The van der Waals surface area contributed by atoms with Crippen molar-refractivity contribution in [2.24, 2.45) is 5.41 Å². The van der Waals surface area contributed by atoms with Crippen LogP contribution in [0.4, 0.5) is 13.2 Å². The Bertz CT molecular complexity index is 1060. The lowest BCUT2D eigenvalue weighted by molar-refractivity contribution is -0.194. The number of methoxy groups -OCH3 is 1. The van der Waals surface area contributed by atoms with Crippen molar-refractivity contribution in [1.82, 2.24) is 9.88 Å². The molecule has 0 N–H and O–H groups in total. The molecule has 0 spiro atoms. The Morgan fingerprint density at radius 2 is 1.94 bits per heavy atom. The van der Waals surface area contributed by atoms with E-state index in [1.165, 1.54) is 19.2 Å². The molecule has 1 amide bonds. The van der Waals surface area contributed by atoms with Gasteiger partial charge in [0.2, 0.25) is 0 Å². The summed E-state index contributed by atoms with van der Waals surface area (Å²) in [6, 6.07) is 12.7. The molecule has 10 heteroatoms. The summed E-state index contributed by atoms with van der Waals surface area (Å²) in [7, 11) is 1.33. The van der Waals surface area contributed by atoms with Crippen molar-refractivity contribution in [1.29, 1.82) is 0 Å². The molecule has 5 rings (SSSR count). The molecular formula is C24H25F3N2O5. The van der Waals surface area contributed by atoms with Crippen molar-refractivity contribution in [2.75, 3.05) is 33.6 Å². The summed E-state index contributed by atoms with van der Waals surface area (Å²) in [4.78, 5) is 19.1. The molecule has 1 aliphatic carbocycles. The third kappa shape index (κ3) is 3.88. The molecule has 34 heavy (non-hydrogen) atoms.